The Bertz CT molecular complexity index is 355. The molecule has 1 saturated heterocycles. The first-order valence-electron chi connectivity index (χ1n) is 6.32. The van der Waals surface area contributed by atoms with Crippen LogP contribution < -0.4 is 15.5 Å². The van der Waals surface area contributed by atoms with Crippen molar-refractivity contribution in [2.45, 2.75) is 25.8 Å². The van der Waals surface area contributed by atoms with E-state index in [1.807, 2.05) is 13.1 Å². The quantitative estimate of drug-likeness (QED) is 0.800. The largest absolute Gasteiger partial charge is 0.370 e. The van der Waals surface area contributed by atoms with Crippen LogP contribution in [0.25, 0.3) is 0 Å². The van der Waals surface area contributed by atoms with Crippen LogP contribution in [0.1, 0.15) is 19.8 Å². The predicted molar refractivity (Wildman–Crippen MR) is 70.5 cm³/mol. The number of nitrogens with zero attached hydrogens (tertiary/aromatic N) is 3. The molecule has 5 heteroatoms. The Balaban J connectivity index is 2.12. The fourth-order valence-corrected chi connectivity index (χ4v) is 2.37. The molecule has 0 radical (unpaired) electrons. The summed E-state index contributed by atoms with van der Waals surface area (Å²) in [7, 11) is 2.00. The van der Waals surface area contributed by atoms with Gasteiger partial charge in [0.15, 0.2) is 0 Å². The van der Waals surface area contributed by atoms with Gasteiger partial charge in [-0.25, -0.2) is 9.97 Å². The van der Waals surface area contributed by atoms with Gasteiger partial charge >= 0.3 is 0 Å². The summed E-state index contributed by atoms with van der Waals surface area (Å²) >= 11 is 0. The maximum atomic E-state index is 4.38. The Morgan fingerprint density at radius 1 is 1.47 bits per heavy atom. The molecule has 2 heterocycles. The molecule has 2 rings (SSSR count). The monoisotopic (exact) mass is 235 g/mol. The van der Waals surface area contributed by atoms with Crippen molar-refractivity contribution in [1.29, 1.82) is 0 Å². The Kier molecular flexibility index (Phi) is 4.14. The first-order chi connectivity index (χ1) is 8.35. The number of likely N-dealkylation sites (N-methyl/N-ethyl adjacent to an activating group) is 1. The molecule has 0 aromatic carbocycles. The minimum atomic E-state index is 0.560. The molecule has 1 fully saturated rings. The van der Waals surface area contributed by atoms with Crippen LogP contribution in [-0.2, 0) is 0 Å². The molecule has 0 saturated carbocycles. The van der Waals surface area contributed by atoms with E-state index in [0.717, 1.165) is 31.3 Å². The lowest BCUT2D eigenvalue weighted by atomic mass is 10.2. The zero-order valence-electron chi connectivity index (χ0n) is 10.6. The van der Waals surface area contributed by atoms with Crippen molar-refractivity contribution in [3.8, 4) is 0 Å². The number of nitrogens with one attached hydrogen (secondary N) is 2. The second kappa shape index (κ2) is 5.82. The second-order valence-corrected chi connectivity index (χ2v) is 4.34. The van der Waals surface area contributed by atoms with Gasteiger partial charge in [0.1, 0.15) is 18.0 Å². The number of rotatable bonds is 5. The lowest BCUT2D eigenvalue weighted by Crippen LogP contribution is -2.37. The molecule has 0 amide bonds. The highest BCUT2D eigenvalue weighted by atomic mass is 15.2. The SMILES string of the molecule is CCNc1cc(N2CCCC2CNC)ncn1. The summed E-state index contributed by atoms with van der Waals surface area (Å²) in [6.45, 7) is 5.06. The van der Waals surface area contributed by atoms with Gasteiger partial charge in [0.25, 0.3) is 0 Å². The van der Waals surface area contributed by atoms with Crippen LogP contribution in [0.5, 0.6) is 0 Å². The molecule has 1 aliphatic rings. The zero-order chi connectivity index (χ0) is 12.1. The van der Waals surface area contributed by atoms with Gasteiger partial charge in [0, 0.05) is 31.7 Å². The van der Waals surface area contributed by atoms with Crippen molar-refractivity contribution in [2.75, 3.05) is 36.9 Å². The molecule has 1 aromatic heterocycles. The minimum Gasteiger partial charge on any atom is -0.370 e. The van der Waals surface area contributed by atoms with Crippen molar-refractivity contribution in [3.05, 3.63) is 12.4 Å². The number of aromatic nitrogens is 2. The number of anilines is 2. The highest BCUT2D eigenvalue weighted by Gasteiger charge is 2.25. The average Bonchev–Trinajstić information content (AvgIpc) is 2.79. The van der Waals surface area contributed by atoms with E-state index < -0.39 is 0 Å². The van der Waals surface area contributed by atoms with Gasteiger partial charge in [-0.2, -0.15) is 0 Å². The van der Waals surface area contributed by atoms with E-state index >= 15 is 0 Å². The summed E-state index contributed by atoms with van der Waals surface area (Å²) in [5.41, 5.74) is 0. The van der Waals surface area contributed by atoms with Crippen LogP contribution in [0.4, 0.5) is 11.6 Å². The molecule has 5 nitrogen and oxygen atoms in total. The molecule has 1 atom stereocenters. The summed E-state index contributed by atoms with van der Waals surface area (Å²) in [5, 5.41) is 6.47. The number of hydrogen-bond acceptors (Lipinski definition) is 5. The maximum absolute atomic E-state index is 4.38. The van der Waals surface area contributed by atoms with E-state index in [0.29, 0.717) is 6.04 Å². The van der Waals surface area contributed by atoms with Crippen molar-refractivity contribution >= 4 is 11.6 Å². The third kappa shape index (κ3) is 2.85. The summed E-state index contributed by atoms with van der Waals surface area (Å²) in [4.78, 5) is 11.0. The topological polar surface area (TPSA) is 53.1 Å². The highest BCUT2D eigenvalue weighted by Crippen LogP contribution is 2.24. The molecule has 17 heavy (non-hydrogen) atoms. The Morgan fingerprint density at radius 2 is 2.35 bits per heavy atom. The van der Waals surface area contributed by atoms with Crippen LogP contribution in [0, 0.1) is 0 Å². The Morgan fingerprint density at radius 3 is 3.12 bits per heavy atom. The van der Waals surface area contributed by atoms with Gasteiger partial charge in [0.2, 0.25) is 0 Å². The summed E-state index contributed by atoms with van der Waals surface area (Å²) in [6, 6.07) is 2.60. The standard InChI is InChI=1S/C12H21N5/c1-3-14-11-7-12(16-9-15-11)17-6-4-5-10(17)8-13-2/h7,9-10,13H,3-6,8H2,1-2H3,(H,14,15,16). The highest BCUT2D eigenvalue weighted by molar-refractivity contribution is 5.49. The van der Waals surface area contributed by atoms with E-state index in [1.165, 1.54) is 12.8 Å². The molecule has 0 spiro atoms. The summed E-state index contributed by atoms with van der Waals surface area (Å²) in [6.07, 6.45) is 4.12. The van der Waals surface area contributed by atoms with E-state index in [4.69, 9.17) is 0 Å². The van der Waals surface area contributed by atoms with Crippen LogP contribution in [0.15, 0.2) is 12.4 Å². The van der Waals surface area contributed by atoms with Crippen molar-refractivity contribution in [1.82, 2.24) is 15.3 Å². The molecule has 1 unspecified atom stereocenters. The predicted octanol–water partition coefficient (Wildman–Crippen LogP) is 1.10. The first kappa shape index (κ1) is 12.1. The van der Waals surface area contributed by atoms with Gasteiger partial charge in [-0.3, -0.25) is 0 Å². The third-order valence-electron chi connectivity index (χ3n) is 3.12. The number of hydrogen-bond donors (Lipinski definition) is 2. The fourth-order valence-electron chi connectivity index (χ4n) is 2.37. The maximum Gasteiger partial charge on any atom is 0.134 e. The van der Waals surface area contributed by atoms with Crippen LogP contribution in [0.2, 0.25) is 0 Å². The fraction of sp³-hybridized carbons (Fsp3) is 0.667. The lowest BCUT2D eigenvalue weighted by molar-refractivity contribution is 0.611. The molecule has 0 aliphatic carbocycles. The third-order valence-corrected chi connectivity index (χ3v) is 3.12. The Hall–Kier alpha value is -1.36. The van der Waals surface area contributed by atoms with Crippen molar-refractivity contribution in [3.63, 3.8) is 0 Å². The van der Waals surface area contributed by atoms with Crippen molar-refractivity contribution in [2.24, 2.45) is 0 Å². The van der Waals surface area contributed by atoms with Gasteiger partial charge in [-0.15, -0.1) is 0 Å². The van der Waals surface area contributed by atoms with E-state index in [9.17, 15) is 0 Å². The van der Waals surface area contributed by atoms with Gasteiger partial charge in [-0.05, 0) is 26.8 Å². The summed E-state index contributed by atoms with van der Waals surface area (Å²) < 4.78 is 0. The van der Waals surface area contributed by atoms with Crippen LogP contribution in [0.3, 0.4) is 0 Å². The first-order valence-corrected chi connectivity index (χ1v) is 6.32. The van der Waals surface area contributed by atoms with E-state index in [2.05, 4.69) is 32.4 Å². The molecular formula is C12H21N5. The van der Waals surface area contributed by atoms with E-state index in [1.54, 1.807) is 6.33 Å². The minimum absolute atomic E-state index is 0.560. The smallest absolute Gasteiger partial charge is 0.134 e. The van der Waals surface area contributed by atoms with E-state index in [-0.39, 0.29) is 0 Å². The zero-order valence-corrected chi connectivity index (χ0v) is 10.6. The second-order valence-electron chi connectivity index (χ2n) is 4.34. The Labute approximate surface area is 103 Å². The molecule has 2 N–H and O–H groups in total. The van der Waals surface area contributed by atoms with Crippen molar-refractivity contribution < 1.29 is 0 Å². The molecule has 94 valence electrons. The van der Waals surface area contributed by atoms with Gasteiger partial charge in [0.05, 0.1) is 0 Å². The normalized spacial score (nSPS) is 19.6. The average molecular weight is 235 g/mol. The van der Waals surface area contributed by atoms with Crippen LogP contribution >= 0.6 is 0 Å². The molecule has 0 bridgehead atoms. The lowest BCUT2D eigenvalue weighted by Gasteiger charge is -2.25. The van der Waals surface area contributed by atoms with Crippen LogP contribution in [-0.4, -0.2) is 42.7 Å². The van der Waals surface area contributed by atoms with Gasteiger partial charge in [-0.1, -0.05) is 0 Å². The van der Waals surface area contributed by atoms with Gasteiger partial charge < -0.3 is 15.5 Å². The summed E-state index contributed by atoms with van der Waals surface area (Å²) in [5.74, 6) is 1.95. The molecule has 1 aliphatic heterocycles. The molecule has 1 aromatic rings. The molecular weight excluding hydrogens is 214 g/mol.